The molecule has 0 aromatic rings. The molecular weight excluding hydrogens is 157 g/mol. The zero-order valence-corrected chi connectivity index (χ0v) is 6.62. The van der Waals surface area contributed by atoms with Crippen LogP contribution in [0.2, 0.25) is 0 Å². The van der Waals surface area contributed by atoms with E-state index in [4.69, 9.17) is 20.3 Å². The molecule has 0 aromatic heterocycles. The lowest BCUT2D eigenvalue weighted by atomic mass is 10.7. The molecule has 0 saturated heterocycles. The Kier molecular flexibility index (Phi) is 4.08. The molecule has 0 heterocycles. The summed E-state index contributed by atoms with van der Waals surface area (Å²) >= 11 is 0. The molecule has 0 aromatic carbocycles. The van der Waals surface area contributed by atoms with Crippen molar-refractivity contribution in [1.82, 2.24) is 0 Å². The van der Waals surface area contributed by atoms with Gasteiger partial charge in [-0.25, -0.2) is 0 Å². The van der Waals surface area contributed by atoms with Gasteiger partial charge in [0.25, 0.3) is 0 Å². The predicted molar refractivity (Wildman–Crippen MR) is 36.5 cm³/mol. The van der Waals surface area contributed by atoms with E-state index in [9.17, 15) is 4.57 Å². The number of hydrogen-bond donors (Lipinski definition) is 3. The van der Waals surface area contributed by atoms with E-state index in [1.807, 2.05) is 0 Å². The number of nitrogens with two attached hydrogens (primary N) is 1. The second kappa shape index (κ2) is 4.05. The van der Waals surface area contributed by atoms with Crippen molar-refractivity contribution in [1.29, 1.82) is 0 Å². The summed E-state index contributed by atoms with van der Waals surface area (Å²) in [5, 5.41) is 0. The normalized spacial score (nSPS) is 15.2. The summed E-state index contributed by atoms with van der Waals surface area (Å²) in [6, 6.07) is 0. The largest absolute Gasteiger partial charge is 0.363 e. The van der Waals surface area contributed by atoms with E-state index in [2.05, 4.69) is 0 Å². The number of rotatable bonds is 4. The molecule has 0 fully saturated rings. The molecule has 0 aliphatic heterocycles. The Bertz CT molecular complexity index is 133. The van der Waals surface area contributed by atoms with Crippen LogP contribution in [0, 0.1) is 0 Å². The van der Waals surface area contributed by atoms with E-state index in [1.165, 1.54) is 0 Å². The molecule has 5 nitrogen and oxygen atoms in total. The molecule has 4 N–H and O–H groups in total. The van der Waals surface area contributed by atoms with Crippen LogP contribution in [0.25, 0.3) is 0 Å². The van der Waals surface area contributed by atoms with E-state index in [0.29, 0.717) is 6.61 Å². The molecule has 10 heavy (non-hydrogen) atoms. The topological polar surface area (TPSA) is 92.8 Å². The van der Waals surface area contributed by atoms with Gasteiger partial charge in [-0.1, -0.05) is 0 Å². The predicted octanol–water partition coefficient (Wildman–Crippen LogP) is -0.515. The number of ether oxygens (including phenoxy) is 1. The third-order valence-corrected chi connectivity index (χ3v) is 1.63. The van der Waals surface area contributed by atoms with Crippen molar-refractivity contribution in [3.63, 3.8) is 0 Å². The summed E-state index contributed by atoms with van der Waals surface area (Å²) < 4.78 is 15.0. The van der Waals surface area contributed by atoms with Gasteiger partial charge < -0.3 is 20.3 Å². The molecule has 1 unspecified atom stereocenters. The zero-order valence-electron chi connectivity index (χ0n) is 5.73. The Hall–Kier alpha value is 0.0700. The average molecular weight is 169 g/mol. The molecule has 62 valence electrons. The minimum atomic E-state index is -4.00. The Balaban J connectivity index is 3.58. The molecule has 0 rings (SSSR count). The van der Waals surface area contributed by atoms with Crippen molar-refractivity contribution in [3.8, 4) is 0 Å². The Labute approximate surface area is 59.3 Å². The van der Waals surface area contributed by atoms with Crippen LogP contribution in [0.1, 0.15) is 6.92 Å². The van der Waals surface area contributed by atoms with Gasteiger partial charge in [-0.15, -0.1) is 0 Å². The molecule has 0 spiro atoms. The SMILES string of the molecule is CCOC(N)CP(=O)(O)O. The Morgan fingerprint density at radius 1 is 1.70 bits per heavy atom. The minimum absolute atomic E-state index is 0.362. The zero-order chi connectivity index (χ0) is 8.20. The van der Waals surface area contributed by atoms with Gasteiger partial charge in [-0.3, -0.25) is 4.57 Å². The third-order valence-electron chi connectivity index (χ3n) is 0.799. The summed E-state index contributed by atoms with van der Waals surface area (Å²) in [5.74, 6) is 0. The summed E-state index contributed by atoms with van der Waals surface area (Å²) in [7, 11) is -4.00. The monoisotopic (exact) mass is 169 g/mol. The van der Waals surface area contributed by atoms with Crippen LogP contribution in [0.15, 0.2) is 0 Å². The molecule has 0 bridgehead atoms. The fourth-order valence-corrected chi connectivity index (χ4v) is 1.08. The highest BCUT2D eigenvalue weighted by molar-refractivity contribution is 7.51. The highest BCUT2D eigenvalue weighted by atomic mass is 31.2. The maximum atomic E-state index is 10.3. The van der Waals surface area contributed by atoms with E-state index in [1.54, 1.807) is 6.92 Å². The van der Waals surface area contributed by atoms with Gasteiger partial charge in [-0.2, -0.15) is 0 Å². The van der Waals surface area contributed by atoms with Crippen molar-refractivity contribution in [2.45, 2.75) is 13.2 Å². The molecule has 0 saturated carbocycles. The van der Waals surface area contributed by atoms with E-state index >= 15 is 0 Å². The highest BCUT2D eigenvalue weighted by Crippen LogP contribution is 2.34. The lowest BCUT2D eigenvalue weighted by Gasteiger charge is -2.11. The molecule has 0 radical (unpaired) electrons. The first-order valence-corrected chi connectivity index (χ1v) is 4.67. The standard InChI is InChI=1S/C4H12NO4P/c1-2-9-4(5)3-10(6,7)8/h4H,2-3,5H2,1H3,(H2,6,7,8). The molecule has 0 aliphatic carbocycles. The van der Waals surface area contributed by atoms with Gasteiger partial charge in [-0.05, 0) is 6.92 Å². The first kappa shape index (κ1) is 10.1. The Morgan fingerprint density at radius 2 is 2.20 bits per heavy atom. The maximum absolute atomic E-state index is 10.3. The van der Waals surface area contributed by atoms with Gasteiger partial charge in [0, 0.05) is 6.61 Å². The molecule has 1 atom stereocenters. The van der Waals surface area contributed by atoms with Crippen LogP contribution >= 0.6 is 7.60 Å². The smallest absolute Gasteiger partial charge is 0.329 e. The van der Waals surface area contributed by atoms with E-state index in [-0.39, 0.29) is 0 Å². The van der Waals surface area contributed by atoms with Crippen LogP contribution in [-0.2, 0) is 9.30 Å². The van der Waals surface area contributed by atoms with Crippen LogP contribution in [0.3, 0.4) is 0 Å². The maximum Gasteiger partial charge on any atom is 0.329 e. The van der Waals surface area contributed by atoms with Crippen LogP contribution in [0.5, 0.6) is 0 Å². The van der Waals surface area contributed by atoms with Crippen molar-refractivity contribution in [2.75, 3.05) is 12.8 Å². The van der Waals surface area contributed by atoms with Crippen molar-refractivity contribution < 1.29 is 19.1 Å². The van der Waals surface area contributed by atoms with Crippen molar-refractivity contribution >= 4 is 7.60 Å². The second-order valence-electron chi connectivity index (χ2n) is 1.84. The first-order chi connectivity index (χ1) is 4.45. The van der Waals surface area contributed by atoms with Crippen LogP contribution in [-0.4, -0.2) is 28.8 Å². The molecule has 6 heteroatoms. The van der Waals surface area contributed by atoms with Gasteiger partial charge in [0.05, 0.1) is 6.16 Å². The molecule has 0 aliphatic rings. The van der Waals surface area contributed by atoms with Crippen LogP contribution in [0.4, 0.5) is 0 Å². The fraction of sp³-hybridized carbons (Fsp3) is 1.00. The van der Waals surface area contributed by atoms with E-state index < -0.39 is 20.0 Å². The number of hydrogen-bond acceptors (Lipinski definition) is 3. The molecular formula is C4H12NO4P. The first-order valence-electron chi connectivity index (χ1n) is 2.87. The Morgan fingerprint density at radius 3 is 2.50 bits per heavy atom. The highest BCUT2D eigenvalue weighted by Gasteiger charge is 2.17. The summed E-state index contributed by atoms with van der Waals surface area (Å²) in [4.78, 5) is 16.7. The van der Waals surface area contributed by atoms with Gasteiger partial charge in [0.1, 0.15) is 6.23 Å². The van der Waals surface area contributed by atoms with Gasteiger partial charge >= 0.3 is 7.60 Å². The summed E-state index contributed by atoms with van der Waals surface area (Å²) in [6.45, 7) is 2.07. The lowest BCUT2D eigenvalue weighted by molar-refractivity contribution is 0.0799. The third kappa shape index (κ3) is 6.19. The summed E-state index contributed by atoms with van der Waals surface area (Å²) in [5.41, 5.74) is 5.16. The average Bonchev–Trinajstić information content (AvgIpc) is 1.59. The van der Waals surface area contributed by atoms with E-state index in [0.717, 1.165) is 0 Å². The molecule has 0 amide bonds. The summed E-state index contributed by atoms with van der Waals surface area (Å²) in [6.07, 6.45) is -1.27. The second-order valence-corrected chi connectivity index (χ2v) is 3.54. The minimum Gasteiger partial charge on any atom is -0.363 e. The quantitative estimate of drug-likeness (QED) is 0.389. The van der Waals surface area contributed by atoms with Crippen LogP contribution < -0.4 is 5.73 Å². The van der Waals surface area contributed by atoms with Crippen molar-refractivity contribution in [3.05, 3.63) is 0 Å². The van der Waals surface area contributed by atoms with Gasteiger partial charge in [0.15, 0.2) is 0 Å². The van der Waals surface area contributed by atoms with Gasteiger partial charge in [0.2, 0.25) is 0 Å². The van der Waals surface area contributed by atoms with Crippen molar-refractivity contribution in [2.24, 2.45) is 5.73 Å². The fourth-order valence-electron chi connectivity index (χ4n) is 0.501. The lowest BCUT2D eigenvalue weighted by Crippen LogP contribution is -2.27.